The molecule has 0 bridgehead atoms. The Morgan fingerprint density at radius 3 is 2.81 bits per heavy atom. The van der Waals surface area contributed by atoms with Gasteiger partial charge in [0.1, 0.15) is 18.5 Å². The number of nitrogens with zero attached hydrogens (tertiary/aromatic N) is 3. The molecule has 0 amide bonds. The molecule has 3 rings (SSSR count). The first kappa shape index (κ1) is 18.6. The molecule has 5 nitrogen and oxygen atoms in total. The topological polar surface area (TPSA) is 63.2 Å². The van der Waals surface area contributed by atoms with Crippen molar-refractivity contribution >= 4 is 18.1 Å². The number of ether oxygens (including phenoxy) is 1. The third-order valence-electron chi connectivity index (χ3n) is 4.77. The lowest BCUT2D eigenvalue weighted by molar-refractivity contribution is 0.206. The molecule has 1 aromatic rings. The molecule has 0 aromatic heterocycles. The van der Waals surface area contributed by atoms with E-state index in [9.17, 15) is 0 Å². The minimum absolute atomic E-state index is 0.0696. The van der Waals surface area contributed by atoms with Gasteiger partial charge in [-0.3, -0.25) is 4.99 Å². The smallest absolute Gasteiger partial charge is 0.149 e. The Labute approximate surface area is 156 Å². The number of aryl methyl sites for hydroxylation is 1. The predicted octanol–water partition coefficient (Wildman–Crippen LogP) is 3.83. The van der Waals surface area contributed by atoms with Gasteiger partial charge in [-0.05, 0) is 56.0 Å². The lowest BCUT2D eigenvalue weighted by atomic mass is 9.93. The quantitative estimate of drug-likeness (QED) is 0.844. The summed E-state index contributed by atoms with van der Waals surface area (Å²) in [6, 6.07) is 6.26. The number of hydrogen-bond acceptors (Lipinski definition) is 5. The minimum Gasteiger partial charge on any atom is -0.491 e. The average Bonchev–Trinajstić information content (AvgIpc) is 2.94. The largest absolute Gasteiger partial charge is 0.491 e. The molecule has 2 unspecified atom stereocenters. The number of fused-ring (bicyclic) bond motifs is 1. The lowest BCUT2D eigenvalue weighted by Crippen LogP contribution is -2.43. The van der Waals surface area contributed by atoms with Crippen LogP contribution in [0, 0.1) is 18.8 Å². The molecular formula is C21H30N4O. The highest BCUT2D eigenvalue weighted by Crippen LogP contribution is 2.33. The maximum absolute atomic E-state index is 6.36. The molecule has 1 aromatic carbocycles. The number of aliphatic imine (C=N–C) groups is 1. The third-order valence-corrected chi connectivity index (χ3v) is 4.77. The molecule has 2 N–H and O–H groups in total. The summed E-state index contributed by atoms with van der Waals surface area (Å²) in [6.07, 6.45) is 6.86. The Morgan fingerprint density at radius 1 is 1.35 bits per heavy atom. The molecule has 0 fully saturated rings. The summed E-state index contributed by atoms with van der Waals surface area (Å²) in [7, 11) is 0. The van der Waals surface area contributed by atoms with Gasteiger partial charge in [-0.2, -0.15) is 5.10 Å². The fraction of sp³-hybridized carbons (Fsp3) is 0.524. The van der Waals surface area contributed by atoms with Crippen LogP contribution in [0.25, 0.3) is 5.70 Å². The molecular weight excluding hydrogens is 324 g/mol. The van der Waals surface area contributed by atoms with Gasteiger partial charge in [0, 0.05) is 29.4 Å². The summed E-state index contributed by atoms with van der Waals surface area (Å²) >= 11 is 0. The summed E-state index contributed by atoms with van der Waals surface area (Å²) in [5.41, 5.74) is 9.33. The van der Waals surface area contributed by atoms with E-state index in [1.807, 2.05) is 29.6 Å². The third kappa shape index (κ3) is 3.98. The van der Waals surface area contributed by atoms with Crippen LogP contribution in [0.5, 0.6) is 5.75 Å². The normalized spacial score (nSPS) is 23.8. The van der Waals surface area contributed by atoms with Crippen molar-refractivity contribution in [1.29, 1.82) is 0 Å². The van der Waals surface area contributed by atoms with Gasteiger partial charge in [0.25, 0.3) is 0 Å². The summed E-state index contributed by atoms with van der Waals surface area (Å²) < 4.78 is 6.03. The van der Waals surface area contributed by atoms with E-state index in [0.717, 1.165) is 29.0 Å². The molecule has 3 atom stereocenters. The van der Waals surface area contributed by atoms with Crippen LogP contribution in [0.4, 0.5) is 0 Å². The minimum atomic E-state index is -0.324. The second-order valence-corrected chi connectivity index (χ2v) is 8.25. The molecule has 26 heavy (non-hydrogen) atoms. The standard InChI is InChI=1S/C21H30N4O/c1-14(2)11-21(5,22)13-26-19-7-6-17(10-15(19)3)18-8-9-23-20-16(4)12-24-25(18)20/h6-10,12,14,16,20H,11,13,22H2,1-5H3/t16?,20?,21-/m0/s1. The van der Waals surface area contributed by atoms with E-state index in [-0.39, 0.29) is 11.7 Å². The molecule has 2 aliphatic heterocycles. The van der Waals surface area contributed by atoms with Crippen molar-refractivity contribution in [2.45, 2.75) is 52.7 Å². The zero-order chi connectivity index (χ0) is 18.9. The molecule has 0 saturated heterocycles. The molecule has 2 heterocycles. The highest BCUT2D eigenvalue weighted by Gasteiger charge is 2.31. The molecule has 0 radical (unpaired) electrons. The summed E-state index contributed by atoms with van der Waals surface area (Å²) in [4.78, 5) is 4.53. The molecule has 0 spiro atoms. The van der Waals surface area contributed by atoms with Gasteiger partial charge in [-0.25, -0.2) is 5.01 Å². The van der Waals surface area contributed by atoms with Crippen LogP contribution in [-0.2, 0) is 0 Å². The Bertz CT molecular complexity index is 748. The van der Waals surface area contributed by atoms with Gasteiger partial charge >= 0.3 is 0 Å². The van der Waals surface area contributed by atoms with Gasteiger partial charge in [0.05, 0.1) is 5.70 Å². The van der Waals surface area contributed by atoms with Crippen molar-refractivity contribution in [3.63, 3.8) is 0 Å². The molecule has 2 aliphatic rings. The van der Waals surface area contributed by atoms with Crippen LogP contribution in [0.1, 0.15) is 45.2 Å². The first-order valence-corrected chi connectivity index (χ1v) is 9.36. The Kier molecular flexibility index (Phi) is 5.19. The van der Waals surface area contributed by atoms with E-state index in [1.54, 1.807) is 0 Å². The van der Waals surface area contributed by atoms with E-state index in [2.05, 4.69) is 56.8 Å². The van der Waals surface area contributed by atoms with Crippen LogP contribution in [0.15, 0.2) is 34.4 Å². The van der Waals surface area contributed by atoms with Crippen molar-refractivity contribution in [3.05, 3.63) is 35.4 Å². The van der Waals surface area contributed by atoms with Crippen molar-refractivity contribution in [2.75, 3.05) is 6.61 Å². The van der Waals surface area contributed by atoms with E-state index in [4.69, 9.17) is 10.5 Å². The van der Waals surface area contributed by atoms with Gasteiger partial charge in [-0.1, -0.05) is 20.8 Å². The van der Waals surface area contributed by atoms with Gasteiger partial charge in [0.2, 0.25) is 0 Å². The van der Waals surface area contributed by atoms with Crippen molar-refractivity contribution in [3.8, 4) is 5.75 Å². The van der Waals surface area contributed by atoms with E-state index >= 15 is 0 Å². The van der Waals surface area contributed by atoms with Gasteiger partial charge in [0.15, 0.2) is 0 Å². The van der Waals surface area contributed by atoms with Crippen LogP contribution in [0.3, 0.4) is 0 Å². The number of benzene rings is 1. The van der Waals surface area contributed by atoms with E-state index in [1.165, 1.54) is 0 Å². The first-order valence-electron chi connectivity index (χ1n) is 9.36. The highest BCUT2D eigenvalue weighted by atomic mass is 16.5. The zero-order valence-electron chi connectivity index (χ0n) is 16.4. The molecule has 5 heteroatoms. The monoisotopic (exact) mass is 354 g/mol. The van der Waals surface area contributed by atoms with Gasteiger partial charge in [-0.15, -0.1) is 0 Å². The van der Waals surface area contributed by atoms with Crippen molar-refractivity contribution in [2.24, 2.45) is 27.7 Å². The van der Waals surface area contributed by atoms with Crippen LogP contribution in [-0.4, -0.2) is 35.7 Å². The molecule has 0 aliphatic carbocycles. The Hall–Kier alpha value is -2.14. The summed E-state index contributed by atoms with van der Waals surface area (Å²) in [5.74, 6) is 1.75. The predicted molar refractivity (Wildman–Crippen MR) is 108 cm³/mol. The van der Waals surface area contributed by atoms with Crippen LogP contribution in [0.2, 0.25) is 0 Å². The Balaban J connectivity index is 1.73. The average molecular weight is 354 g/mol. The number of rotatable bonds is 6. The number of nitrogens with two attached hydrogens (primary N) is 1. The number of allylic oxidation sites excluding steroid dienone is 1. The summed E-state index contributed by atoms with van der Waals surface area (Å²) in [6.45, 7) is 11.1. The maximum atomic E-state index is 6.36. The van der Waals surface area contributed by atoms with Gasteiger partial charge < -0.3 is 10.5 Å². The zero-order valence-corrected chi connectivity index (χ0v) is 16.4. The van der Waals surface area contributed by atoms with Crippen molar-refractivity contribution < 1.29 is 4.74 Å². The van der Waals surface area contributed by atoms with E-state index < -0.39 is 0 Å². The van der Waals surface area contributed by atoms with Crippen LogP contribution >= 0.6 is 0 Å². The summed E-state index contributed by atoms with van der Waals surface area (Å²) in [5, 5.41) is 6.52. The fourth-order valence-corrected chi connectivity index (χ4v) is 3.66. The second kappa shape index (κ2) is 7.23. The van der Waals surface area contributed by atoms with E-state index in [0.29, 0.717) is 18.4 Å². The molecule has 0 saturated carbocycles. The highest BCUT2D eigenvalue weighted by molar-refractivity contribution is 5.87. The second-order valence-electron chi connectivity index (χ2n) is 8.25. The Morgan fingerprint density at radius 2 is 2.12 bits per heavy atom. The lowest BCUT2D eigenvalue weighted by Gasteiger charge is -2.29. The van der Waals surface area contributed by atoms with Crippen LogP contribution < -0.4 is 10.5 Å². The first-order chi connectivity index (χ1) is 12.3. The number of hydrogen-bond donors (Lipinski definition) is 1. The SMILES string of the molecule is Cc1cc(C2=CC=NC3C(C)C=NN23)ccc1OC[C@@](C)(N)CC(C)C. The fourth-order valence-electron chi connectivity index (χ4n) is 3.66. The van der Waals surface area contributed by atoms with Crippen molar-refractivity contribution in [1.82, 2.24) is 5.01 Å². The number of hydrazone groups is 1. The molecule has 140 valence electrons. The maximum Gasteiger partial charge on any atom is 0.149 e.